The first-order valence-electron chi connectivity index (χ1n) is 6.21. The van der Waals surface area contributed by atoms with Crippen LogP contribution in [0.1, 0.15) is 5.56 Å². The lowest BCUT2D eigenvalue weighted by Crippen LogP contribution is -2.32. The van der Waals surface area contributed by atoms with E-state index in [1.54, 1.807) is 48.5 Å². The van der Waals surface area contributed by atoms with E-state index in [1.807, 2.05) is 0 Å². The molecular formula is C15H11Cl2N3O2. The Bertz CT molecular complexity index is 718. The number of hydrazone groups is 1. The van der Waals surface area contributed by atoms with Gasteiger partial charge in [0.25, 0.3) is 0 Å². The van der Waals surface area contributed by atoms with Crippen molar-refractivity contribution in [2.75, 3.05) is 5.32 Å². The van der Waals surface area contributed by atoms with Gasteiger partial charge in [0.2, 0.25) is 0 Å². The van der Waals surface area contributed by atoms with Gasteiger partial charge in [0, 0.05) is 11.3 Å². The number of nitrogens with zero attached hydrogens (tertiary/aromatic N) is 1. The Morgan fingerprint density at radius 2 is 1.68 bits per heavy atom. The SMILES string of the molecule is O=C(N/N=C/c1cccc(Cl)c1Cl)C(=O)Nc1ccccc1. The smallest absolute Gasteiger partial charge is 0.318 e. The average Bonchev–Trinajstić information content (AvgIpc) is 2.52. The number of amides is 2. The van der Waals surface area contributed by atoms with E-state index in [1.165, 1.54) is 6.21 Å². The summed E-state index contributed by atoms with van der Waals surface area (Å²) in [5.41, 5.74) is 3.16. The molecule has 0 bridgehead atoms. The van der Waals surface area contributed by atoms with Crippen molar-refractivity contribution >= 4 is 46.9 Å². The van der Waals surface area contributed by atoms with Crippen molar-refractivity contribution in [3.63, 3.8) is 0 Å². The molecule has 112 valence electrons. The molecule has 0 aliphatic carbocycles. The fraction of sp³-hybridized carbons (Fsp3) is 0. The van der Waals surface area contributed by atoms with Crippen LogP contribution in [0.5, 0.6) is 0 Å². The second kappa shape index (κ2) is 7.59. The van der Waals surface area contributed by atoms with Crippen molar-refractivity contribution < 1.29 is 9.59 Å². The maximum atomic E-state index is 11.6. The van der Waals surface area contributed by atoms with Gasteiger partial charge in [0.15, 0.2) is 0 Å². The molecule has 5 nitrogen and oxygen atoms in total. The maximum Gasteiger partial charge on any atom is 0.329 e. The molecule has 0 spiro atoms. The Morgan fingerprint density at radius 3 is 2.41 bits per heavy atom. The molecule has 0 atom stereocenters. The van der Waals surface area contributed by atoms with Gasteiger partial charge in [0.05, 0.1) is 16.3 Å². The van der Waals surface area contributed by atoms with Crippen molar-refractivity contribution in [1.29, 1.82) is 0 Å². The lowest BCUT2D eigenvalue weighted by molar-refractivity contribution is -0.136. The third kappa shape index (κ3) is 4.31. The van der Waals surface area contributed by atoms with Gasteiger partial charge in [-0.15, -0.1) is 0 Å². The molecule has 0 saturated carbocycles. The van der Waals surface area contributed by atoms with Crippen LogP contribution in [0.4, 0.5) is 5.69 Å². The van der Waals surface area contributed by atoms with Crippen LogP contribution in [-0.2, 0) is 9.59 Å². The topological polar surface area (TPSA) is 70.6 Å². The molecule has 0 unspecified atom stereocenters. The number of carbonyl (C=O) groups is 2. The Kier molecular flexibility index (Phi) is 5.52. The van der Waals surface area contributed by atoms with Gasteiger partial charge >= 0.3 is 11.8 Å². The summed E-state index contributed by atoms with van der Waals surface area (Å²) in [7, 11) is 0. The van der Waals surface area contributed by atoms with E-state index in [-0.39, 0.29) is 0 Å². The summed E-state index contributed by atoms with van der Waals surface area (Å²) in [4.78, 5) is 23.2. The summed E-state index contributed by atoms with van der Waals surface area (Å²) in [6.45, 7) is 0. The fourth-order valence-corrected chi connectivity index (χ4v) is 1.90. The van der Waals surface area contributed by atoms with Crippen LogP contribution in [-0.4, -0.2) is 18.0 Å². The number of benzene rings is 2. The molecule has 0 radical (unpaired) electrons. The largest absolute Gasteiger partial charge is 0.329 e. The molecule has 2 aromatic carbocycles. The van der Waals surface area contributed by atoms with Crippen LogP contribution >= 0.6 is 23.2 Å². The van der Waals surface area contributed by atoms with Gasteiger partial charge in [-0.1, -0.05) is 53.5 Å². The van der Waals surface area contributed by atoms with E-state index >= 15 is 0 Å². The monoisotopic (exact) mass is 335 g/mol. The molecule has 0 aliphatic heterocycles. The van der Waals surface area contributed by atoms with Gasteiger partial charge in [0.1, 0.15) is 0 Å². The molecule has 2 rings (SSSR count). The number of rotatable bonds is 3. The lowest BCUT2D eigenvalue weighted by Gasteiger charge is -2.03. The Balaban J connectivity index is 1.93. The normalized spacial score (nSPS) is 10.5. The summed E-state index contributed by atoms with van der Waals surface area (Å²) in [5, 5.41) is 6.81. The highest BCUT2D eigenvalue weighted by molar-refractivity contribution is 6.43. The molecule has 2 N–H and O–H groups in total. The Hall–Kier alpha value is -2.37. The number of carbonyl (C=O) groups excluding carboxylic acids is 2. The van der Waals surface area contributed by atoms with Crippen LogP contribution in [0.15, 0.2) is 53.6 Å². The number of anilines is 1. The fourth-order valence-electron chi connectivity index (χ4n) is 1.54. The van der Waals surface area contributed by atoms with Crippen LogP contribution in [0.3, 0.4) is 0 Å². The van der Waals surface area contributed by atoms with Crippen molar-refractivity contribution in [3.05, 3.63) is 64.1 Å². The Labute approximate surface area is 136 Å². The standard InChI is InChI=1S/C15H11Cl2N3O2/c16-12-8-4-5-10(13(12)17)9-18-20-15(22)14(21)19-11-6-2-1-3-7-11/h1-9H,(H,19,21)(H,20,22)/b18-9+. The van der Waals surface area contributed by atoms with Gasteiger partial charge < -0.3 is 5.32 Å². The van der Waals surface area contributed by atoms with Crippen LogP contribution in [0.2, 0.25) is 10.0 Å². The minimum Gasteiger partial charge on any atom is -0.318 e. The van der Waals surface area contributed by atoms with Crippen molar-refractivity contribution in [3.8, 4) is 0 Å². The summed E-state index contributed by atoms with van der Waals surface area (Å²) in [5.74, 6) is -1.71. The highest BCUT2D eigenvalue weighted by Gasteiger charge is 2.12. The van der Waals surface area contributed by atoms with E-state index in [9.17, 15) is 9.59 Å². The third-order valence-corrected chi connectivity index (χ3v) is 3.42. The van der Waals surface area contributed by atoms with E-state index < -0.39 is 11.8 Å². The molecule has 0 saturated heterocycles. The molecule has 0 aromatic heterocycles. The van der Waals surface area contributed by atoms with Gasteiger partial charge in [-0.2, -0.15) is 5.10 Å². The molecule has 22 heavy (non-hydrogen) atoms. The molecular weight excluding hydrogens is 325 g/mol. The highest BCUT2D eigenvalue weighted by Crippen LogP contribution is 2.24. The number of halogens is 2. The molecule has 2 aromatic rings. The van der Waals surface area contributed by atoms with Crippen molar-refractivity contribution in [1.82, 2.24) is 5.43 Å². The first kappa shape index (κ1) is 16.0. The highest BCUT2D eigenvalue weighted by atomic mass is 35.5. The van der Waals surface area contributed by atoms with Crippen LogP contribution in [0.25, 0.3) is 0 Å². The van der Waals surface area contributed by atoms with Gasteiger partial charge in [-0.3, -0.25) is 9.59 Å². The molecule has 0 heterocycles. The summed E-state index contributed by atoms with van der Waals surface area (Å²) < 4.78 is 0. The van der Waals surface area contributed by atoms with Crippen molar-refractivity contribution in [2.45, 2.75) is 0 Å². The molecule has 7 heteroatoms. The molecule has 2 amide bonds. The predicted molar refractivity (Wildman–Crippen MR) is 87.3 cm³/mol. The first-order valence-corrected chi connectivity index (χ1v) is 6.97. The third-order valence-electron chi connectivity index (χ3n) is 2.59. The molecule has 0 aliphatic rings. The Morgan fingerprint density at radius 1 is 0.955 bits per heavy atom. The zero-order chi connectivity index (χ0) is 15.9. The van der Waals surface area contributed by atoms with Crippen LogP contribution < -0.4 is 10.7 Å². The second-order valence-corrected chi connectivity index (χ2v) is 4.95. The zero-order valence-electron chi connectivity index (χ0n) is 11.2. The zero-order valence-corrected chi connectivity index (χ0v) is 12.7. The van der Waals surface area contributed by atoms with E-state index in [0.717, 1.165) is 0 Å². The maximum absolute atomic E-state index is 11.6. The second-order valence-electron chi connectivity index (χ2n) is 4.16. The first-order chi connectivity index (χ1) is 10.6. The van der Waals surface area contributed by atoms with Gasteiger partial charge in [-0.25, -0.2) is 5.43 Å². The minimum absolute atomic E-state index is 0.316. The lowest BCUT2D eigenvalue weighted by atomic mass is 10.2. The summed E-state index contributed by atoms with van der Waals surface area (Å²) in [6.07, 6.45) is 1.31. The van der Waals surface area contributed by atoms with Crippen LogP contribution in [0, 0.1) is 0 Å². The van der Waals surface area contributed by atoms with E-state index in [2.05, 4.69) is 15.8 Å². The summed E-state index contributed by atoms with van der Waals surface area (Å²) >= 11 is 11.8. The van der Waals surface area contributed by atoms with E-state index in [4.69, 9.17) is 23.2 Å². The predicted octanol–water partition coefficient (Wildman–Crippen LogP) is 3.08. The summed E-state index contributed by atoms with van der Waals surface area (Å²) in [6, 6.07) is 13.6. The molecule has 0 fully saturated rings. The average molecular weight is 336 g/mol. The number of hydrogen-bond donors (Lipinski definition) is 2. The van der Waals surface area contributed by atoms with Crippen molar-refractivity contribution in [2.24, 2.45) is 5.10 Å². The quantitative estimate of drug-likeness (QED) is 0.514. The van der Waals surface area contributed by atoms with E-state index in [0.29, 0.717) is 21.3 Å². The number of para-hydroxylation sites is 1. The number of nitrogens with one attached hydrogen (secondary N) is 2. The minimum atomic E-state index is -0.891. The van der Waals surface area contributed by atoms with Gasteiger partial charge in [-0.05, 0) is 18.2 Å². The number of hydrogen-bond acceptors (Lipinski definition) is 3.